The van der Waals surface area contributed by atoms with Gasteiger partial charge < -0.3 is 14.6 Å². The molecule has 0 aliphatic heterocycles. The van der Waals surface area contributed by atoms with Crippen molar-refractivity contribution in [1.29, 1.82) is 0 Å². The van der Waals surface area contributed by atoms with Gasteiger partial charge in [-0.05, 0) is 36.8 Å². The van der Waals surface area contributed by atoms with Crippen LogP contribution in [0.3, 0.4) is 0 Å². The summed E-state index contributed by atoms with van der Waals surface area (Å²) in [5.74, 6) is 0.684. The fourth-order valence-electron chi connectivity index (χ4n) is 2.70. The maximum absolute atomic E-state index is 12.6. The molecule has 5 heteroatoms. The molecule has 1 amide bonds. The summed E-state index contributed by atoms with van der Waals surface area (Å²) in [6.45, 7) is 2.96. The van der Waals surface area contributed by atoms with Crippen LogP contribution in [-0.4, -0.2) is 22.1 Å². The monoisotopic (exact) mass is 335 g/mol. The zero-order valence-corrected chi connectivity index (χ0v) is 14.4. The Balaban J connectivity index is 1.73. The molecule has 0 radical (unpaired) electrons. The molecule has 2 aromatic heterocycles. The molecule has 128 valence electrons. The van der Waals surface area contributed by atoms with Crippen molar-refractivity contribution >= 4 is 5.91 Å². The van der Waals surface area contributed by atoms with Crippen molar-refractivity contribution in [3.63, 3.8) is 0 Å². The van der Waals surface area contributed by atoms with Gasteiger partial charge in [0.1, 0.15) is 11.4 Å². The van der Waals surface area contributed by atoms with Crippen LogP contribution in [0.15, 0.2) is 61.1 Å². The van der Waals surface area contributed by atoms with Crippen LogP contribution in [0.1, 0.15) is 23.0 Å². The van der Waals surface area contributed by atoms with Gasteiger partial charge in [-0.2, -0.15) is 0 Å². The first kappa shape index (κ1) is 16.8. The number of hydrogen-bond donors (Lipinski definition) is 1. The molecule has 3 rings (SSSR count). The van der Waals surface area contributed by atoms with Crippen LogP contribution in [-0.2, 0) is 13.6 Å². The van der Waals surface area contributed by atoms with Crippen LogP contribution in [0, 0.1) is 0 Å². The standard InChI is InChI=1S/C20H21N3O2/c1-3-25-19-7-5-4-6-16(19)13-22-20(24)18-12-17(14-23(18)2)15-8-10-21-11-9-15/h4-12,14H,3,13H2,1-2H3,(H,22,24). The number of nitrogens with zero attached hydrogens (tertiary/aromatic N) is 2. The summed E-state index contributed by atoms with van der Waals surface area (Å²) in [4.78, 5) is 16.6. The molecule has 5 nitrogen and oxygen atoms in total. The predicted molar refractivity (Wildman–Crippen MR) is 97.4 cm³/mol. The van der Waals surface area contributed by atoms with Gasteiger partial charge in [-0.15, -0.1) is 0 Å². The highest BCUT2D eigenvalue weighted by atomic mass is 16.5. The number of aromatic nitrogens is 2. The SMILES string of the molecule is CCOc1ccccc1CNC(=O)c1cc(-c2ccncc2)cn1C. The minimum atomic E-state index is -0.117. The Bertz CT molecular complexity index is 856. The molecule has 0 unspecified atom stereocenters. The fourth-order valence-corrected chi connectivity index (χ4v) is 2.70. The summed E-state index contributed by atoms with van der Waals surface area (Å²) in [5, 5.41) is 2.97. The molecule has 0 aliphatic carbocycles. The first-order valence-electron chi connectivity index (χ1n) is 8.24. The van der Waals surface area contributed by atoms with Crippen molar-refractivity contribution < 1.29 is 9.53 Å². The van der Waals surface area contributed by atoms with Crippen molar-refractivity contribution in [2.24, 2.45) is 7.05 Å². The van der Waals surface area contributed by atoms with E-state index in [0.29, 0.717) is 18.8 Å². The number of hydrogen-bond acceptors (Lipinski definition) is 3. The quantitative estimate of drug-likeness (QED) is 0.751. The molecule has 0 aliphatic rings. The van der Waals surface area contributed by atoms with Crippen molar-refractivity contribution in [3.05, 3.63) is 72.3 Å². The molecule has 3 aromatic rings. The van der Waals surface area contributed by atoms with Crippen molar-refractivity contribution in [2.45, 2.75) is 13.5 Å². The molecule has 0 spiro atoms. The Labute approximate surface area is 147 Å². The molecular weight excluding hydrogens is 314 g/mol. The van der Waals surface area contributed by atoms with Crippen molar-refractivity contribution in [2.75, 3.05) is 6.61 Å². The van der Waals surface area contributed by atoms with Gasteiger partial charge in [0.05, 0.1) is 6.61 Å². The molecule has 0 bridgehead atoms. The van der Waals surface area contributed by atoms with Crippen molar-refractivity contribution in [3.8, 4) is 16.9 Å². The summed E-state index contributed by atoms with van der Waals surface area (Å²) >= 11 is 0. The third-order valence-corrected chi connectivity index (χ3v) is 3.96. The smallest absolute Gasteiger partial charge is 0.268 e. The lowest BCUT2D eigenvalue weighted by molar-refractivity contribution is 0.0942. The topological polar surface area (TPSA) is 56.1 Å². The van der Waals surface area contributed by atoms with Crippen LogP contribution in [0.25, 0.3) is 11.1 Å². The number of aryl methyl sites for hydroxylation is 1. The van der Waals surface area contributed by atoms with Gasteiger partial charge in [0.2, 0.25) is 0 Å². The van der Waals surface area contributed by atoms with Gasteiger partial charge in [0, 0.05) is 43.3 Å². The average Bonchev–Trinajstić information content (AvgIpc) is 3.04. The van der Waals surface area contributed by atoms with Crippen molar-refractivity contribution in [1.82, 2.24) is 14.9 Å². The van der Waals surface area contributed by atoms with E-state index in [-0.39, 0.29) is 5.91 Å². The Morgan fingerprint density at radius 3 is 2.68 bits per heavy atom. The summed E-state index contributed by atoms with van der Waals surface area (Å²) in [6.07, 6.45) is 5.43. The maximum atomic E-state index is 12.6. The van der Waals surface area contributed by atoms with E-state index in [4.69, 9.17) is 4.74 Å². The molecule has 1 N–H and O–H groups in total. The molecule has 0 saturated carbocycles. The second-order valence-electron chi connectivity index (χ2n) is 5.68. The van der Waals surface area contributed by atoms with Crippen LogP contribution >= 0.6 is 0 Å². The van der Waals surface area contributed by atoms with Gasteiger partial charge in [-0.25, -0.2) is 0 Å². The minimum absolute atomic E-state index is 0.117. The van der Waals surface area contributed by atoms with E-state index >= 15 is 0 Å². The fraction of sp³-hybridized carbons (Fsp3) is 0.200. The minimum Gasteiger partial charge on any atom is -0.494 e. The van der Waals surface area contributed by atoms with Crippen LogP contribution in [0.2, 0.25) is 0 Å². The van der Waals surface area contributed by atoms with E-state index in [1.807, 2.05) is 67.2 Å². The molecule has 0 fully saturated rings. The third kappa shape index (κ3) is 3.88. The van der Waals surface area contributed by atoms with E-state index in [1.165, 1.54) is 0 Å². The highest BCUT2D eigenvalue weighted by Gasteiger charge is 2.13. The van der Waals surface area contributed by atoms with Gasteiger partial charge in [0.25, 0.3) is 5.91 Å². The zero-order valence-electron chi connectivity index (χ0n) is 14.4. The predicted octanol–water partition coefficient (Wildman–Crippen LogP) is 3.42. The summed E-state index contributed by atoms with van der Waals surface area (Å²) in [7, 11) is 1.87. The number of nitrogens with one attached hydrogen (secondary N) is 1. The van der Waals surface area contributed by atoms with Gasteiger partial charge in [-0.1, -0.05) is 18.2 Å². The molecule has 25 heavy (non-hydrogen) atoms. The van der Waals surface area contributed by atoms with Gasteiger partial charge in [0.15, 0.2) is 0 Å². The molecular formula is C20H21N3O2. The summed E-state index contributed by atoms with van der Waals surface area (Å²) < 4.78 is 7.43. The second-order valence-corrected chi connectivity index (χ2v) is 5.68. The van der Waals surface area contributed by atoms with E-state index in [1.54, 1.807) is 12.4 Å². The first-order chi connectivity index (χ1) is 12.2. The molecule has 1 aromatic carbocycles. The van der Waals surface area contributed by atoms with Crippen LogP contribution in [0.4, 0.5) is 0 Å². The molecule has 2 heterocycles. The number of para-hydroxylation sites is 1. The van der Waals surface area contributed by atoms with Crippen LogP contribution in [0.5, 0.6) is 5.75 Å². The Morgan fingerprint density at radius 2 is 1.92 bits per heavy atom. The third-order valence-electron chi connectivity index (χ3n) is 3.96. The normalized spacial score (nSPS) is 10.5. The molecule has 0 atom stereocenters. The number of ether oxygens (including phenoxy) is 1. The number of rotatable bonds is 6. The highest BCUT2D eigenvalue weighted by Crippen LogP contribution is 2.21. The summed E-state index contributed by atoms with van der Waals surface area (Å²) in [5.41, 5.74) is 3.60. The number of pyridine rings is 1. The number of amides is 1. The second kappa shape index (κ2) is 7.66. The largest absolute Gasteiger partial charge is 0.494 e. The zero-order chi connectivity index (χ0) is 17.6. The Morgan fingerprint density at radius 1 is 1.16 bits per heavy atom. The van der Waals surface area contributed by atoms with Gasteiger partial charge in [-0.3, -0.25) is 9.78 Å². The number of benzene rings is 1. The maximum Gasteiger partial charge on any atom is 0.268 e. The number of carbonyl (C=O) groups excluding carboxylic acids is 1. The molecule has 0 saturated heterocycles. The van der Waals surface area contributed by atoms with E-state index in [0.717, 1.165) is 22.4 Å². The lowest BCUT2D eigenvalue weighted by Crippen LogP contribution is -2.25. The summed E-state index contributed by atoms with van der Waals surface area (Å²) in [6, 6.07) is 13.5. The Hall–Kier alpha value is -3.08. The average molecular weight is 335 g/mol. The number of carbonyl (C=O) groups is 1. The first-order valence-corrected chi connectivity index (χ1v) is 8.24. The van der Waals surface area contributed by atoms with Gasteiger partial charge >= 0.3 is 0 Å². The van der Waals surface area contributed by atoms with E-state index in [2.05, 4.69) is 10.3 Å². The van der Waals surface area contributed by atoms with E-state index in [9.17, 15) is 4.79 Å². The lowest BCUT2D eigenvalue weighted by atomic mass is 10.1. The highest BCUT2D eigenvalue weighted by molar-refractivity contribution is 5.94. The lowest BCUT2D eigenvalue weighted by Gasteiger charge is -2.11. The van der Waals surface area contributed by atoms with Crippen LogP contribution < -0.4 is 10.1 Å². The van der Waals surface area contributed by atoms with E-state index < -0.39 is 0 Å². The Kier molecular flexibility index (Phi) is 5.14.